The summed E-state index contributed by atoms with van der Waals surface area (Å²) in [5.74, 6) is 0. The fourth-order valence-corrected chi connectivity index (χ4v) is 8.01. The van der Waals surface area contributed by atoms with Crippen molar-refractivity contribution in [3.05, 3.63) is 187 Å². The van der Waals surface area contributed by atoms with E-state index >= 15 is 0 Å². The number of rotatable bonds is 5. The summed E-state index contributed by atoms with van der Waals surface area (Å²) in [5.41, 5.74) is 16.1. The van der Waals surface area contributed by atoms with Gasteiger partial charge in [-0.15, -0.1) is 0 Å². The molecule has 0 saturated carbocycles. The highest BCUT2D eigenvalue weighted by molar-refractivity contribution is 6.10. The molecular formula is C48H34N2. The van der Waals surface area contributed by atoms with Crippen molar-refractivity contribution in [1.29, 1.82) is 0 Å². The molecule has 0 amide bonds. The molecule has 2 heteroatoms. The van der Waals surface area contributed by atoms with Gasteiger partial charge >= 0.3 is 0 Å². The molecule has 0 bridgehead atoms. The lowest BCUT2D eigenvalue weighted by atomic mass is 9.98. The lowest BCUT2D eigenvalue weighted by molar-refractivity contribution is 0.968. The first-order valence-electron chi connectivity index (χ1n) is 17.5. The van der Waals surface area contributed by atoms with E-state index in [1.54, 1.807) is 0 Å². The van der Waals surface area contributed by atoms with Crippen molar-refractivity contribution in [3.8, 4) is 44.8 Å². The Morgan fingerprint density at radius 2 is 0.980 bits per heavy atom. The molecule has 1 aliphatic carbocycles. The van der Waals surface area contributed by atoms with E-state index < -0.39 is 0 Å². The van der Waals surface area contributed by atoms with Crippen molar-refractivity contribution in [2.45, 2.75) is 12.8 Å². The Morgan fingerprint density at radius 1 is 0.360 bits per heavy atom. The summed E-state index contributed by atoms with van der Waals surface area (Å²) >= 11 is 0. The zero-order valence-corrected chi connectivity index (χ0v) is 27.6. The summed E-state index contributed by atoms with van der Waals surface area (Å²) in [4.78, 5) is 0. The van der Waals surface area contributed by atoms with Crippen molar-refractivity contribution >= 4 is 38.8 Å². The number of aryl methyl sites for hydroxylation is 1. The van der Waals surface area contributed by atoms with Gasteiger partial charge in [-0.2, -0.15) is 0 Å². The summed E-state index contributed by atoms with van der Waals surface area (Å²) in [7, 11) is 0. The van der Waals surface area contributed by atoms with Crippen LogP contribution in [0.25, 0.3) is 83.5 Å². The van der Waals surface area contributed by atoms with E-state index in [0.717, 1.165) is 12.8 Å². The highest BCUT2D eigenvalue weighted by Gasteiger charge is 2.20. The van der Waals surface area contributed by atoms with Crippen molar-refractivity contribution < 1.29 is 0 Å². The molecule has 10 rings (SSSR count). The number of benzene rings is 7. The zero-order chi connectivity index (χ0) is 33.0. The molecule has 2 heterocycles. The van der Waals surface area contributed by atoms with Gasteiger partial charge in [-0.3, -0.25) is 0 Å². The number of aromatic nitrogens is 2. The number of fused-ring (bicyclic) bond motifs is 6. The lowest BCUT2D eigenvalue weighted by Crippen LogP contribution is -2.00. The molecule has 2 nitrogen and oxygen atoms in total. The molecule has 0 fully saturated rings. The molecule has 0 aliphatic heterocycles. The first-order valence-corrected chi connectivity index (χ1v) is 17.5. The van der Waals surface area contributed by atoms with Gasteiger partial charge in [0.15, 0.2) is 0 Å². The smallest absolute Gasteiger partial charge is 0.0543 e. The molecule has 1 aliphatic rings. The minimum atomic E-state index is 1.06. The number of allylic oxidation sites excluding steroid dienone is 1. The lowest BCUT2D eigenvalue weighted by Gasteiger charge is -2.14. The second kappa shape index (κ2) is 11.6. The molecular weight excluding hydrogens is 605 g/mol. The minimum absolute atomic E-state index is 1.06. The van der Waals surface area contributed by atoms with Crippen LogP contribution in [0.2, 0.25) is 0 Å². The molecule has 236 valence electrons. The first-order chi connectivity index (χ1) is 24.8. The monoisotopic (exact) mass is 638 g/mol. The maximum Gasteiger partial charge on any atom is 0.0543 e. The summed E-state index contributed by atoms with van der Waals surface area (Å²) in [6.07, 6.45) is 6.78. The second-order valence-corrected chi connectivity index (χ2v) is 13.3. The van der Waals surface area contributed by atoms with Crippen LogP contribution in [0.15, 0.2) is 176 Å². The molecule has 7 aromatic carbocycles. The fourth-order valence-electron chi connectivity index (χ4n) is 8.01. The van der Waals surface area contributed by atoms with E-state index in [9.17, 15) is 0 Å². The van der Waals surface area contributed by atoms with Crippen LogP contribution in [0, 0.1) is 0 Å². The SMILES string of the molecule is C1=Cc2c(c3ccc(-c4ccc5c(c4)c4ccccc4n5-c4ccc(-c5ccccc5)cc4)cc3n2-c2cccc(-c3ccccc3)c2)CC1. The molecule has 50 heavy (non-hydrogen) atoms. The zero-order valence-electron chi connectivity index (χ0n) is 27.6. The highest BCUT2D eigenvalue weighted by atomic mass is 15.0. The van der Waals surface area contributed by atoms with Gasteiger partial charge < -0.3 is 9.13 Å². The van der Waals surface area contributed by atoms with Crippen LogP contribution < -0.4 is 0 Å². The van der Waals surface area contributed by atoms with Crippen LogP contribution in [0.4, 0.5) is 0 Å². The molecule has 0 radical (unpaired) electrons. The Labute approximate surface area is 291 Å². The average Bonchev–Trinajstić information content (AvgIpc) is 3.71. The molecule has 2 aromatic heterocycles. The second-order valence-electron chi connectivity index (χ2n) is 13.3. The fraction of sp³-hybridized carbons (Fsp3) is 0.0417. The summed E-state index contributed by atoms with van der Waals surface area (Å²) in [6, 6.07) is 62.0. The standard InChI is InChI=1S/C48H34N2/c1-3-12-33(13-4-1)35-22-26-39(27-23-35)49-46-21-10-8-19-42(46)44-31-37(25-29-47(44)49)38-24-28-43-41-18-7-9-20-45(41)50(48(43)32-38)40-17-11-16-36(30-40)34-14-5-2-6-15-34/h1-6,8-17,19-32H,7,18H2. The molecule has 0 N–H and O–H groups in total. The van der Waals surface area contributed by atoms with Gasteiger partial charge in [0, 0.05) is 33.2 Å². The predicted molar refractivity (Wildman–Crippen MR) is 211 cm³/mol. The van der Waals surface area contributed by atoms with Crippen molar-refractivity contribution in [1.82, 2.24) is 9.13 Å². The summed E-state index contributed by atoms with van der Waals surface area (Å²) in [5, 5.41) is 3.87. The number of para-hydroxylation sites is 1. The Balaban J connectivity index is 1.11. The van der Waals surface area contributed by atoms with Gasteiger partial charge in [0.05, 0.1) is 16.6 Å². The highest BCUT2D eigenvalue weighted by Crippen LogP contribution is 2.39. The predicted octanol–water partition coefficient (Wildman–Crippen LogP) is 12.7. The Kier molecular flexibility index (Phi) is 6.67. The van der Waals surface area contributed by atoms with E-state index in [2.05, 4.69) is 191 Å². The topological polar surface area (TPSA) is 9.86 Å². The van der Waals surface area contributed by atoms with Gasteiger partial charge in [-0.05, 0) is 106 Å². The van der Waals surface area contributed by atoms with Crippen LogP contribution in [0.5, 0.6) is 0 Å². The minimum Gasteiger partial charge on any atom is -0.310 e. The van der Waals surface area contributed by atoms with Gasteiger partial charge in [0.25, 0.3) is 0 Å². The molecule has 0 spiro atoms. The van der Waals surface area contributed by atoms with Crippen LogP contribution in [0.1, 0.15) is 17.7 Å². The Hall–Kier alpha value is -6.38. The van der Waals surface area contributed by atoms with E-state index in [4.69, 9.17) is 0 Å². The average molecular weight is 639 g/mol. The third-order valence-electron chi connectivity index (χ3n) is 10.4. The normalized spacial score (nSPS) is 12.6. The number of hydrogen-bond acceptors (Lipinski definition) is 0. The molecule has 0 unspecified atom stereocenters. The van der Waals surface area contributed by atoms with Crippen LogP contribution in [-0.2, 0) is 6.42 Å². The maximum atomic E-state index is 2.47. The van der Waals surface area contributed by atoms with Crippen LogP contribution in [-0.4, -0.2) is 9.13 Å². The van der Waals surface area contributed by atoms with E-state index in [-0.39, 0.29) is 0 Å². The van der Waals surface area contributed by atoms with Crippen molar-refractivity contribution in [2.75, 3.05) is 0 Å². The Bertz CT molecular complexity index is 2730. The largest absolute Gasteiger partial charge is 0.310 e. The Morgan fingerprint density at radius 3 is 1.80 bits per heavy atom. The van der Waals surface area contributed by atoms with Gasteiger partial charge in [0.2, 0.25) is 0 Å². The molecule has 0 saturated heterocycles. The number of hydrogen-bond donors (Lipinski definition) is 0. The van der Waals surface area contributed by atoms with Gasteiger partial charge in [0.1, 0.15) is 0 Å². The van der Waals surface area contributed by atoms with E-state index in [0.29, 0.717) is 0 Å². The third kappa shape index (κ3) is 4.64. The van der Waals surface area contributed by atoms with Gasteiger partial charge in [-0.25, -0.2) is 0 Å². The van der Waals surface area contributed by atoms with Crippen molar-refractivity contribution in [3.63, 3.8) is 0 Å². The molecule has 9 aromatic rings. The molecule has 0 atom stereocenters. The number of nitrogens with zero attached hydrogens (tertiary/aromatic N) is 2. The third-order valence-corrected chi connectivity index (χ3v) is 10.4. The first kappa shape index (κ1) is 28.6. The van der Waals surface area contributed by atoms with Crippen molar-refractivity contribution in [2.24, 2.45) is 0 Å². The van der Waals surface area contributed by atoms with E-state index in [1.807, 2.05) is 0 Å². The quantitative estimate of drug-likeness (QED) is 0.178. The van der Waals surface area contributed by atoms with Crippen LogP contribution in [0.3, 0.4) is 0 Å². The van der Waals surface area contributed by atoms with Gasteiger partial charge in [-0.1, -0.05) is 127 Å². The maximum absolute atomic E-state index is 2.47. The van der Waals surface area contributed by atoms with Crippen LogP contribution >= 0.6 is 0 Å². The summed E-state index contributed by atoms with van der Waals surface area (Å²) < 4.78 is 4.87. The van der Waals surface area contributed by atoms with E-state index in [1.165, 1.54) is 88.7 Å². The summed E-state index contributed by atoms with van der Waals surface area (Å²) in [6.45, 7) is 0.